The van der Waals surface area contributed by atoms with Gasteiger partial charge in [0.1, 0.15) is 0 Å². The molecule has 15 heavy (non-hydrogen) atoms. The van der Waals surface area contributed by atoms with Gasteiger partial charge in [-0.2, -0.15) is 0 Å². The fraction of sp³-hybridized carbons (Fsp3) is 0.909. The number of rotatable bonds is 0. The van der Waals surface area contributed by atoms with Crippen LogP contribution in [0.15, 0.2) is 0 Å². The summed E-state index contributed by atoms with van der Waals surface area (Å²) in [6.45, 7) is 8.49. The van der Waals surface area contributed by atoms with Crippen LogP contribution in [0.4, 0.5) is 0 Å². The van der Waals surface area contributed by atoms with Gasteiger partial charge in [0, 0.05) is 5.54 Å². The molecule has 0 aromatic heterocycles. The summed E-state index contributed by atoms with van der Waals surface area (Å²) in [6.07, 6.45) is 2.17. The minimum atomic E-state index is -0.0437. The van der Waals surface area contributed by atoms with Crippen molar-refractivity contribution < 1.29 is 4.79 Å². The van der Waals surface area contributed by atoms with Crippen LogP contribution in [0.25, 0.3) is 0 Å². The van der Waals surface area contributed by atoms with Gasteiger partial charge in [0.15, 0.2) is 0 Å². The maximum absolute atomic E-state index is 12.0. The standard InChI is InChI=1S/C11H20N2OS/c1-10(2,3)13-9(14)8-15-11(13)4-6-12-7-5-11/h12H,4-8H2,1-3H3. The first kappa shape index (κ1) is 11.3. The summed E-state index contributed by atoms with van der Waals surface area (Å²) in [5.74, 6) is 0.978. The molecule has 3 nitrogen and oxygen atoms in total. The normalized spacial score (nSPS) is 26.3. The van der Waals surface area contributed by atoms with Gasteiger partial charge in [0.2, 0.25) is 5.91 Å². The van der Waals surface area contributed by atoms with Crippen molar-refractivity contribution >= 4 is 17.7 Å². The van der Waals surface area contributed by atoms with E-state index in [1.807, 2.05) is 11.8 Å². The van der Waals surface area contributed by atoms with Crippen molar-refractivity contribution in [2.75, 3.05) is 18.8 Å². The summed E-state index contributed by atoms with van der Waals surface area (Å²) in [6, 6.07) is 0. The maximum Gasteiger partial charge on any atom is 0.234 e. The predicted molar refractivity (Wildman–Crippen MR) is 63.9 cm³/mol. The van der Waals surface area contributed by atoms with Crippen LogP contribution in [0.2, 0.25) is 0 Å². The van der Waals surface area contributed by atoms with E-state index >= 15 is 0 Å². The Morgan fingerprint density at radius 2 is 1.93 bits per heavy atom. The van der Waals surface area contributed by atoms with Gasteiger partial charge in [-0.15, -0.1) is 11.8 Å². The van der Waals surface area contributed by atoms with Gasteiger partial charge in [-0.05, 0) is 46.7 Å². The molecular weight excluding hydrogens is 208 g/mol. The van der Waals surface area contributed by atoms with E-state index in [-0.39, 0.29) is 10.4 Å². The molecule has 86 valence electrons. The van der Waals surface area contributed by atoms with Gasteiger partial charge in [0.05, 0.1) is 10.6 Å². The quantitative estimate of drug-likeness (QED) is 0.681. The molecule has 1 amide bonds. The van der Waals surface area contributed by atoms with Crippen molar-refractivity contribution in [3.63, 3.8) is 0 Å². The summed E-state index contributed by atoms with van der Waals surface area (Å²) in [5, 5.41) is 3.37. The molecule has 0 aromatic carbocycles. The Hall–Kier alpha value is -0.220. The van der Waals surface area contributed by atoms with Crippen LogP contribution >= 0.6 is 11.8 Å². The molecule has 2 heterocycles. The smallest absolute Gasteiger partial charge is 0.234 e. The lowest BCUT2D eigenvalue weighted by molar-refractivity contribution is -0.136. The molecule has 2 fully saturated rings. The van der Waals surface area contributed by atoms with E-state index in [0.717, 1.165) is 25.9 Å². The Morgan fingerprint density at radius 1 is 1.33 bits per heavy atom. The van der Waals surface area contributed by atoms with E-state index in [1.165, 1.54) is 0 Å². The summed E-state index contributed by atoms with van der Waals surface area (Å²) in [5.41, 5.74) is -0.0437. The summed E-state index contributed by atoms with van der Waals surface area (Å²) in [7, 11) is 0. The highest BCUT2D eigenvalue weighted by Crippen LogP contribution is 2.46. The minimum Gasteiger partial charge on any atom is -0.322 e. The fourth-order valence-corrected chi connectivity index (χ4v) is 4.24. The van der Waals surface area contributed by atoms with Gasteiger partial charge in [-0.1, -0.05) is 0 Å². The Balaban J connectivity index is 2.27. The lowest BCUT2D eigenvalue weighted by Crippen LogP contribution is -2.57. The number of hydrogen-bond acceptors (Lipinski definition) is 3. The largest absolute Gasteiger partial charge is 0.322 e. The van der Waals surface area contributed by atoms with Crippen LogP contribution in [0.3, 0.4) is 0 Å². The van der Waals surface area contributed by atoms with Crippen LogP contribution in [0, 0.1) is 0 Å². The van der Waals surface area contributed by atoms with Crippen molar-refractivity contribution in [2.45, 2.75) is 44.0 Å². The van der Waals surface area contributed by atoms with Crippen molar-refractivity contribution in [1.29, 1.82) is 0 Å². The highest BCUT2D eigenvalue weighted by atomic mass is 32.2. The van der Waals surface area contributed by atoms with Crippen LogP contribution in [0.5, 0.6) is 0 Å². The van der Waals surface area contributed by atoms with Crippen molar-refractivity contribution in [3.8, 4) is 0 Å². The molecule has 0 aliphatic carbocycles. The first-order valence-electron chi connectivity index (χ1n) is 5.64. The molecule has 0 unspecified atom stereocenters. The second-order valence-corrected chi connectivity index (χ2v) is 6.72. The number of carbonyl (C=O) groups is 1. The Bertz CT molecular complexity index is 266. The van der Waals surface area contributed by atoms with Gasteiger partial charge in [0.25, 0.3) is 0 Å². The molecule has 2 aliphatic rings. The molecular formula is C11H20N2OS. The van der Waals surface area contributed by atoms with E-state index in [1.54, 1.807) is 0 Å². The van der Waals surface area contributed by atoms with E-state index in [9.17, 15) is 4.79 Å². The Kier molecular flexibility index (Phi) is 2.75. The highest BCUT2D eigenvalue weighted by molar-refractivity contribution is 8.01. The zero-order valence-electron chi connectivity index (χ0n) is 9.80. The molecule has 1 spiro atoms. The molecule has 0 aromatic rings. The molecule has 0 atom stereocenters. The van der Waals surface area contributed by atoms with Crippen LogP contribution in [-0.4, -0.2) is 40.1 Å². The molecule has 2 saturated heterocycles. The maximum atomic E-state index is 12.0. The molecule has 1 N–H and O–H groups in total. The van der Waals surface area contributed by atoms with Crippen LogP contribution < -0.4 is 5.32 Å². The van der Waals surface area contributed by atoms with E-state index in [0.29, 0.717) is 11.7 Å². The molecule has 0 radical (unpaired) electrons. The third-order valence-corrected chi connectivity index (χ3v) is 4.70. The number of piperidine rings is 1. The number of nitrogens with zero attached hydrogens (tertiary/aromatic N) is 1. The lowest BCUT2D eigenvalue weighted by Gasteiger charge is -2.47. The fourth-order valence-electron chi connectivity index (χ4n) is 2.72. The molecule has 2 rings (SSSR count). The molecule has 4 heteroatoms. The van der Waals surface area contributed by atoms with Crippen LogP contribution in [0.1, 0.15) is 33.6 Å². The SMILES string of the molecule is CC(C)(C)N1C(=O)CSC12CCNCC2. The number of carbonyl (C=O) groups excluding carboxylic acids is 1. The number of thioether (sulfide) groups is 1. The molecule has 0 bridgehead atoms. The zero-order chi connectivity index (χ0) is 11.1. The van der Waals surface area contributed by atoms with E-state index < -0.39 is 0 Å². The van der Waals surface area contributed by atoms with E-state index in [4.69, 9.17) is 0 Å². The lowest BCUT2D eigenvalue weighted by atomic mass is 9.96. The summed E-state index contributed by atoms with van der Waals surface area (Å²) >= 11 is 1.85. The zero-order valence-corrected chi connectivity index (χ0v) is 10.6. The highest BCUT2D eigenvalue weighted by Gasteiger charge is 2.50. The average Bonchev–Trinajstić information content (AvgIpc) is 2.44. The monoisotopic (exact) mass is 228 g/mol. The molecule has 2 aliphatic heterocycles. The topological polar surface area (TPSA) is 32.3 Å². The number of amides is 1. The Labute approximate surface area is 96.0 Å². The number of hydrogen-bond donors (Lipinski definition) is 1. The van der Waals surface area contributed by atoms with Crippen molar-refractivity contribution in [2.24, 2.45) is 0 Å². The Morgan fingerprint density at radius 3 is 2.47 bits per heavy atom. The minimum absolute atomic E-state index is 0.0437. The number of nitrogens with one attached hydrogen (secondary N) is 1. The van der Waals surface area contributed by atoms with Gasteiger partial charge < -0.3 is 10.2 Å². The average molecular weight is 228 g/mol. The van der Waals surface area contributed by atoms with Crippen molar-refractivity contribution in [3.05, 3.63) is 0 Å². The second kappa shape index (κ2) is 3.67. The first-order chi connectivity index (χ1) is 6.96. The van der Waals surface area contributed by atoms with Gasteiger partial charge >= 0.3 is 0 Å². The van der Waals surface area contributed by atoms with Gasteiger partial charge in [-0.3, -0.25) is 4.79 Å². The van der Waals surface area contributed by atoms with Gasteiger partial charge in [-0.25, -0.2) is 0 Å². The van der Waals surface area contributed by atoms with Crippen LogP contribution in [-0.2, 0) is 4.79 Å². The second-order valence-electron chi connectivity index (χ2n) is 5.38. The third-order valence-electron chi connectivity index (χ3n) is 3.18. The predicted octanol–water partition coefficient (Wildman–Crippen LogP) is 1.44. The van der Waals surface area contributed by atoms with E-state index in [2.05, 4.69) is 31.0 Å². The molecule has 0 saturated carbocycles. The summed E-state index contributed by atoms with van der Waals surface area (Å²) < 4.78 is 0. The first-order valence-corrected chi connectivity index (χ1v) is 6.62. The van der Waals surface area contributed by atoms with Crippen molar-refractivity contribution in [1.82, 2.24) is 10.2 Å². The third kappa shape index (κ3) is 1.89. The summed E-state index contributed by atoms with van der Waals surface area (Å²) in [4.78, 5) is 14.2.